The number of hydrogen-bond acceptors (Lipinski definition) is 3. The fourth-order valence-electron chi connectivity index (χ4n) is 2.42. The van der Waals surface area contributed by atoms with Crippen LogP contribution < -0.4 is 5.32 Å². The lowest BCUT2D eigenvalue weighted by molar-refractivity contribution is 0.0899. The van der Waals surface area contributed by atoms with Crippen molar-refractivity contribution >= 4 is 0 Å². The van der Waals surface area contributed by atoms with Crippen molar-refractivity contribution in [1.29, 1.82) is 0 Å². The largest absolute Gasteiger partial charge is 0.313 e. The molecule has 0 bridgehead atoms. The van der Waals surface area contributed by atoms with Gasteiger partial charge in [-0.1, -0.05) is 13.8 Å². The first-order chi connectivity index (χ1) is 7.67. The number of nitrogens with one attached hydrogen (secondary N) is 1. The van der Waals surface area contributed by atoms with Crippen molar-refractivity contribution in [3.63, 3.8) is 0 Å². The van der Waals surface area contributed by atoms with E-state index in [2.05, 4.69) is 42.9 Å². The molecule has 1 aliphatic rings. The van der Waals surface area contributed by atoms with Gasteiger partial charge in [0.2, 0.25) is 0 Å². The Bertz CT molecular complexity index is 184. The molecular weight excluding hydrogens is 198 g/mol. The third-order valence-electron chi connectivity index (χ3n) is 3.60. The lowest BCUT2D eigenvalue weighted by Gasteiger charge is -2.40. The summed E-state index contributed by atoms with van der Waals surface area (Å²) < 4.78 is 0. The number of piperazine rings is 1. The van der Waals surface area contributed by atoms with Crippen LogP contribution in [0.5, 0.6) is 0 Å². The molecule has 1 aliphatic heterocycles. The second-order valence-electron chi connectivity index (χ2n) is 5.17. The van der Waals surface area contributed by atoms with Crippen LogP contribution in [-0.4, -0.2) is 61.7 Å². The summed E-state index contributed by atoms with van der Waals surface area (Å²) in [4.78, 5) is 5.07. The fourth-order valence-corrected chi connectivity index (χ4v) is 2.42. The molecule has 1 N–H and O–H groups in total. The smallest absolute Gasteiger partial charge is 0.0195 e. The molecule has 1 rings (SSSR count). The SMILES string of the molecule is CCCNC(CC)CN1CCN(C)CC1C. The van der Waals surface area contributed by atoms with Gasteiger partial charge in [-0.2, -0.15) is 0 Å². The second-order valence-corrected chi connectivity index (χ2v) is 5.17. The molecule has 2 atom stereocenters. The Morgan fingerprint density at radius 2 is 2.06 bits per heavy atom. The van der Waals surface area contributed by atoms with Gasteiger partial charge < -0.3 is 10.2 Å². The maximum atomic E-state index is 3.64. The van der Waals surface area contributed by atoms with Gasteiger partial charge in [-0.25, -0.2) is 0 Å². The first kappa shape index (κ1) is 13.9. The normalized spacial score (nSPS) is 25.9. The Hall–Kier alpha value is -0.120. The Kier molecular flexibility index (Phi) is 6.32. The van der Waals surface area contributed by atoms with E-state index >= 15 is 0 Å². The molecule has 1 fully saturated rings. The van der Waals surface area contributed by atoms with Gasteiger partial charge in [0.15, 0.2) is 0 Å². The highest BCUT2D eigenvalue weighted by Gasteiger charge is 2.23. The van der Waals surface area contributed by atoms with Crippen LogP contribution in [0.4, 0.5) is 0 Å². The zero-order chi connectivity index (χ0) is 12.0. The van der Waals surface area contributed by atoms with Crippen molar-refractivity contribution in [2.24, 2.45) is 0 Å². The van der Waals surface area contributed by atoms with Gasteiger partial charge in [0.25, 0.3) is 0 Å². The number of nitrogens with zero attached hydrogens (tertiary/aromatic N) is 2. The van der Waals surface area contributed by atoms with E-state index in [1.54, 1.807) is 0 Å². The second kappa shape index (κ2) is 7.25. The quantitative estimate of drug-likeness (QED) is 0.740. The topological polar surface area (TPSA) is 18.5 Å². The summed E-state index contributed by atoms with van der Waals surface area (Å²) in [7, 11) is 2.22. The van der Waals surface area contributed by atoms with Crippen LogP contribution in [0.2, 0.25) is 0 Å². The average molecular weight is 227 g/mol. The van der Waals surface area contributed by atoms with E-state index in [0.717, 1.165) is 6.54 Å². The molecule has 0 aromatic carbocycles. The van der Waals surface area contributed by atoms with Crippen molar-refractivity contribution < 1.29 is 0 Å². The van der Waals surface area contributed by atoms with Crippen molar-refractivity contribution in [3.8, 4) is 0 Å². The maximum Gasteiger partial charge on any atom is 0.0195 e. The van der Waals surface area contributed by atoms with Gasteiger partial charge in [-0.05, 0) is 33.4 Å². The zero-order valence-electron chi connectivity index (χ0n) is 11.5. The molecule has 96 valence electrons. The highest BCUT2D eigenvalue weighted by atomic mass is 15.3. The summed E-state index contributed by atoms with van der Waals surface area (Å²) in [6.45, 7) is 12.9. The molecule has 0 radical (unpaired) electrons. The van der Waals surface area contributed by atoms with Crippen LogP contribution in [0.25, 0.3) is 0 Å². The molecule has 0 amide bonds. The Morgan fingerprint density at radius 3 is 2.62 bits per heavy atom. The van der Waals surface area contributed by atoms with Gasteiger partial charge in [0, 0.05) is 38.3 Å². The minimum atomic E-state index is 0.672. The first-order valence-corrected chi connectivity index (χ1v) is 6.83. The predicted molar refractivity (Wildman–Crippen MR) is 70.9 cm³/mol. The molecule has 3 nitrogen and oxygen atoms in total. The van der Waals surface area contributed by atoms with Crippen LogP contribution in [0, 0.1) is 0 Å². The van der Waals surface area contributed by atoms with Crippen LogP contribution in [0.3, 0.4) is 0 Å². The minimum absolute atomic E-state index is 0.672. The summed E-state index contributed by atoms with van der Waals surface area (Å²) in [6, 6.07) is 1.38. The highest BCUT2D eigenvalue weighted by molar-refractivity contribution is 4.81. The van der Waals surface area contributed by atoms with E-state index in [9.17, 15) is 0 Å². The van der Waals surface area contributed by atoms with Crippen LogP contribution in [-0.2, 0) is 0 Å². The summed E-state index contributed by atoms with van der Waals surface area (Å²) in [5, 5.41) is 3.64. The molecule has 2 unspecified atom stereocenters. The molecule has 0 spiro atoms. The van der Waals surface area contributed by atoms with Gasteiger partial charge in [0.05, 0.1) is 0 Å². The fraction of sp³-hybridized carbons (Fsp3) is 1.00. The van der Waals surface area contributed by atoms with E-state index in [0.29, 0.717) is 12.1 Å². The van der Waals surface area contributed by atoms with Crippen molar-refractivity contribution in [2.45, 2.75) is 45.7 Å². The lowest BCUT2D eigenvalue weighted by atomic mass is 10.1. The average Bonchev–Trinajstić information content (AvgIpc) is 2.27. The summed E-state index contributed by atoms with van der Waals surface area (Å²) in [5.74, 6) is 0. The molecule has 0 aliphatic carbocycles. The monoisotopic (exact) mass is 227 g/mol. The lowest BCUT2D eigenvalue weighted by Crippen LogP contribution is -2.54. The standard InChI is InChI=1S/C13H29N3/c1-5-7-14-13(6-2)11-16-9-8-15(4)10-12(16)3/h12-14H,5-11H2,1-4H3. The van der Waals surface area contributed by atoms with Gasteiger partial charge >= 0.3 is 0 Å². The molecule has 0 aromatic rings. The zero-order valence-corrected chi connectivity index (χ0v) is 11.5. The van der Waals surface area contributed by atoms with Gasteiger partial charge in [0.1, 0.15) is 0 Å². The molecule has 0 saturated carbocycles. The van der Waals surface area contributed by atoms with Crippen molar-refractivity contribution in [2.75, 3.05) is 39.8 Å². The molecule has 1 saturated heterocycles. The molecule has 0 aromatic heterocycles. The summed E-state index contributed by atoms with van der Waals surface area (Å²) in [6.07, 6.45) is 2.47. The summed E-state index contributed by atoms with van der Waals surface area (Å²) >= 11 is 0. The van der Waals surface area contributed by atoms with Crippen LogP contribution in [0.15, 0.2) is 0 Å². The van der Waals surface area contributed by atoms with Crippen molar-refractivity contribution in [3.05, 3.63) is 0 Å². The molecule has 1 heterocycles. The third kappa shape index (κ3) is 4.40. The highest BCUT2D eigenvalue weighted by Crippen LogP contribution is 2.09. The predicted octanol–water partition coefficient (Wildman–Crippen LogP) is 1.40. The van der Waals surface area contributed by atoms with Crippen LogP contribution >= 0.6 is 0 Å². The molecular formula is C13H29N3. The minimum Gasteiger partial charge on any atom is -0.313 e. The van der Waals surface area contributed by atoms with Crippen molar-refractivity contribution in [1.82, 2.24) is 15.1 Å². The first-order valence-electron chi connectivity index (χ1n) is 6.83. The van der Waals surface area contributed by atoms with E-state index < -0.39 is 0 Å². The van der Waals surface area contributed by atoms with E-state index in [-0.39, 0.29) is 0 Å². The van der Waals surface area contributed by atoms with Crippen LogP contribution in [0.1, 0.15) is 33.6 Å². The van der Waals surface area contributed by atoms with E-state index in [1.165, 1.54) is 39.0 Å². The Labute approximate surface area is 101 Å². The maximum absolute atomic E-state index is 3.64. The molecule has 16 heavy (non-hydrogen) atoms. The Morgan fingerprint density at radius 1 is 1.31 bits per heavy atom. The number of hydrogen-bond donors (Lipinski definition) is 1. The van der Waals surface area contributed by atoms with E-state index in [1.807, 2.05) is 0 Å². The Balaban J connectivity index is 2.33. The number of likely N-dealkylation sites (N-methyl/N-ethyl adjacent to an activating group) is 1. The third-order valence-corrected chi connectivity index (χ3v) is 3.60. The van der Waals surface area contributed by atoms with E-state index in [4.69, 9.17) is 0 Å². The summed E-state index contributed by atoms with van der Waals surface area (Å²) in [5.41, 5.74) is 0. The molecule has 3 heteroatoms. The van der Waals surface area contributed by atoms with Gasteiger partial charge in [-0.15, -0.1) is 0 Å². The number of rotatable bonds is 6. The van der Waals surface area contributed by atoms with Gasteiger partial charge in [-0.3, -0.25) is 4.90 Å².